The summed E-state index contributed by atoms with van der Waals surface area (Å²) >= 11 is 0. The molecule has 0 radical (unpaired) electrons. The minimum atomic E-state index is -0.438. The van der Waals surface area contributed by atoms with E-state index in [-0.39, 0.29) is 5.70 Å². The summed E-state index contributed by atoms with van der Waals surface area (Å²) in [5.74, 6) is 0.318. The molecule has 0 atom stereocenters. The molecule has 0 aliphatic carbocycles. The van der Waals surface area contributed by atoms with Crippen LogP contribution in [0.1, 0.15) is 30.5 Å². The van der Waals surface area contributed by atoms with Gasteiger partial charge in [-0.15, -0.1) is 0 Å². The topological polar surface area (TPSA) is 67.9 Å². The number of amides is 2. The molecule has 0 bridgehead atoms. The number of carbonyl (C=O) groups excluding carboxylic acids is 2. The largest absolute Gasteiger partial charge is 0.494 e. The number of benzene rings is 3. The Balaban J connectivity index is 1.83. The molecule has 0 saturated carbocycles. The SMILES string of the molecule is CCOc1cccc(NC2=C(c3ccc(C)c(C)c3)C(=O)N(c3ccccc3OCC)C2=O)c1. The lowest BCUT2D eigenvalue weighted by molar-refractivity contribution is -0.120. The van der Waals surface area contributed by atoms with E-state index in [1.807, 2.05) is 76.2 Å². The summed E-state index contributed by atoms with van der Waals surface area (Å²) in [6, 6.07) is 20.2. The Morgan fingerprint density at radius 1 is 0.794 bits per heavy atom. The Morgan fingerprint density at radius 3 is 2.29 bits per heavy atom. The molecule has 3 aromatic carbocycles. The fourth-order valence-electron chi connectivity index (χ4n) is 3.92. The first-order valence-corrected chi connectivity index (χ1v) is 11.4. The van der Waals surface area contributed by atoms with Crippen molar-refractivity contribution in [2.45, 2.75) is 27.7 Å². The number of rotatable bonds is 8. The third-order valence-corrected chi connectivity index (χ3v) is 5.70. The summed E-state index contributed by atoms with van der Waals surface area (Å²) in [6.45, 7) is 8.72. The number of imide groups is 1. The lowest BCUT2D eigenvalue weighted by Crippen LogP contribution is -2.32. The van der Waals surface area contributed by atoms with Gasteiger partial charge in [0.25, 0.3) is 11.8 Å². The second kappa shape index (κ2) is 9.83. The highest BCUT2D eigenvalue weighted by atomic mass is 16.5. The van der Waals surface area contributed by atoms with Crippen LogP contribution in [0.3, 0.4) is 0 Å². The van der Waals surface area contributed by atoms with E-state index >= 15 is 0 Å². The van der Waals surface area contributed by atoms with Gasteiger partial charge in [-0.3, -0.25) is 9.59 Å². The molecule has 1 N–H and O–H groups in total. The highest BCUT2D eigenvalue weighted by Crippen LogP contribution is 2.38. The monoisotopic (exact) mass is 456 g/mol. The Hall–Kier alpha value is -4.06. The van der Waals surface area contributed by atoms with E-state index in [2.05, 4.69) is 5.32 Å². The average Bonchev–Trinajstić information content (AvgIpc) is 3.06. The summed E-state index contributed by atoms with van der Waals surface area (Å²) in [6.07, 6.45) is 0. The van der Waals surface area contributed by atoms with Crippen LogP contribution >= 0.6 is 0 Å². The van der Waals surface area contributed by atoms with Crippen molar-refractivity contribution in [1.29, 1.82) is 0 Å². The van der Waals surface area contributed by atoms with E-state index in [0.29, 0.717) is 47.2 Å². The van der Waals surface area contributed by atoms with Crippen LogP contribution in [0.2, 0.25) is 0 Å². The molecule has 2 amide bonds. The van der Waals surface area contributed by atoms with Gasteiger partial charge in [0.15, 0.2) is 0 Å². The van der Waals surface area contributed by atoms with Crippen molar-refractivity contribution in [1.82, 2.24) is 0 Å². The van der Waals surface area contributed by atoms with E-state index in [1.165, 1.54) is 4.90 Å². The summed E-state index contributed by atoms with van der Waals surface area (Å²) in [7, 11) is 0. The number of ether oxygens (including phenoxy) is 2. The molecule has 1 aliphatic rings. The van der Waals surface area contributed by atoms with E-state index in [9.17, 15) is 9.59 Å². The summed E-state index contributed by atoms with van der Waals surface area (Å²) in [4.78, 5) is 28.7. The van der Waals surface area contributed by atoms with Gasteiger partial charge in [0.1, 0.15) is 17.2 Å². The summed E-state index contributed by atoms with van der Waals surface area (Å²) < 4.78 is 11.3. The normalized spacial score (nSPS) is 13.5. The quantitative estimate of drug-likeness (QED) is 0.454. The molecule has 0 aromatic heterocycles. The van der Waals surface area contributed by atoms with Gasteiger partial charge in [0.2, 0.25) is 0 Å². The van der Waals surface area contributed by atoms with Crippen LogP contribution < -0.4 is 19.7 Å². The predicted octanol–water partition coefficient (Wildman–Crippen LogP) is 5.50. The molecule has 4 rings (SSSR count). The smallest absolute Gasteiger partial charge is 0.282 e. The van der Waals surface area contributed by atoms with Crippen molar-refractivity contribution in [2.75, 3.05) is 23.4 Å². The molecule has 0 spiro atoms. The maximum atomic E-state index is 13.8. The molecule has 3 aromatic rings. The molecular weight excluding hydrogens is 428 g/mol. The minimum Gasteiger partial charge on any atom is -0.494 e. The molecule has 174 valence electrons. The van der Waals surface area contributed by atoms with Crippen molar-refractivity contribution in [3.8, 4) is 11.5 Å². The fourth-order valence-corrected chi connectivity index (χ4v) is 3.92. The minimum absolute atomic E-state index is 0.216. The summed E-state index contributed by atoms with van der Waals surface area (Å²) in [5.41, 5.74) is 4.44. The molecule has 0 fully saturated rings. The zero-order chi connectivity index (χ0) is 24.2. The van der Waals surface area contributed by atoms with E-state index in [4.69, 9.17) is 9.47 Å². The van der Waals surface area contributed by atoms with Gasteiger partial charge in [-0.25, -0.2) is 4.90 Å². The number of hydrogen-bond donors (Lipinski definition) is 1. The molecular formula is C28H28N2O4. The van der Waals surface area contributed by atoms with E-state index < -0.39 is 11.8 Å². The first-order valence-electron chi connectivity index (χ1n) is 11.4. The van der Waals surface area contributed by atoms with Crippen molar-refractivity contribution >= 4 is 28.8 Å². The molecule has 1 heterocycles. The van der Waals surface area contributed by atoms with Crippen molar-refractivity contribution in [2.24, 2.45) is 0 Å². The van der Waals surface area contributed by atoms with Crippen molar-refractivity contribution < 1.29 is 19.1 Å². The van der Waals surface area contributed by atoms with Crippen molar-refractivity contribution in [3.63, 3.8) is 0 Å². The zero-order valence-electron chi connectivity index (χ0n) is 19.8. The fraction of sp³-hybridized carbons (Fsp3) is 0.214. The van der Waals surface area contributed by atoms with E-state index in [0.717, 1.165) is 11.1 Å². The van der Waals surface area contributed by atoms with Gasteiger partial charge < -0.3 is 14.8 Å². The number of nitrogens with zero attached hydrogens (tertiary/aromatic N) is 1. The van der Waals surface area contributed by atoms with Crippen molar-refractivity contribution in [3.05, 3.63) is 89.1 Å². The third-order valence-electron chi connectivity index (χ3n) is 5.70. The molecule has 34 heavy (non-hydrogen) atoms. The number of carbonyl (C=O) groups is 2. The molecule has 6 nitrogen and oxygen atoms in total. The Bertz CT molecular complexity index is 1280. The standard InChI is InChI=1S/C28H28N2O4/c1-5-33-22-11-9-10-21(17-22)29-26-25(20-15-14-18(3)19(4)16-20)27(31)30(28(26)32)23-12-7-8-13-24(23)34-6-2/h7-17,29H,5-6H2,1-4H3. The lowest BCUT2D eigenvalue weighted by Gasteiger charge is -2.19. The average molecular weight is 457 g/mol. The van der Waals surface area contributed by atoms with Gasteiger partial charge in [-0.2, -0.15) is 0 Å². The van der Waals surface area contributed by atoms with Crippen LogP contribution in [0.4, 0.5) is 11.4 Å². The highest BCUT2D eigenvalue weighted by molar-refractivity contribution is 6.46. The van der Waals surface area contributed by atoms with Gasteiger partial charge in [-0.05, 0) is 68.7 Å². The maximum absolute atomic E-state index is 13.8. The van der Waals surface area contributed by atoms with Crippen LogP contribution in [0.5, 0.6) is 11.5 Å². The lowest BCUT2D eigenvalue weighted by atomic mass is 9.99. The zero-order valence-corrected chi connectivity index (χ0v) is 19.8. The van der Waals surface area contributed by atoms with Gasteiger partial charge in [0.05, 0.1) is 24.5 Å². The van der Waals surface area contributed by atoms with Crippen LogP contribution in [-0.2, 0) is 9.59 Å². The van der Waals surface area contributed by atoms with Gasteiger partial charge in [0, 0.05) is 11.8 Å². The first-order chi connectivity index (χ1) is 16.4. The molecule has 0 unspecified atom stereocenters. The summed E-state index contributed by atoms with van der Waals surface area (Å²) in [5, 5.41) is 3.20. The number of nitrogens with one attached hydrogen (secondary N) is 1. The van der Waals surface area contributed by atoms with Crippen LogP contribution in [-0.4, -0.2) is 25.0 Å². The molecule has 0 saturated heterocycles. The Kier molecular flexibility index (Phi) is 6.68. The van der Waals surface area contributed by atoms with Gasteiger partial charge >= 0.3 is 0 Å². The maximum Gasteiger partial charge on any atom is 0.282 e. The van der Waals surface area contributed by atoms with Crippen LogP contribution in [0.15, 0.2) is 72.4 Å². The molecule has 1 aliphatic heterocycles. The number of aryl methyl sites for hydroxylation is 2. The second-order valence-electron chi connectivity index (χ2n) is 7.98. The van der Waals surface area contributed by atoms with Crippen LogP contribution in [0, 0.1) is 13.8 Å². The first kappa shape index (κ1) is 23.1. The number of anilines is 2. The van der Waals surface area contributed by atoms with Crippen LogP contribution in [0.25, 0.3) is 5.57 Å². The number of hydrogen-bond acceptors (Lipinski definition) is 5. The second-order valence-corrected chi connectivity index (χ2v) is 7.98. The van der Waals surface area contributed by atoms with E-state index in [1.54, 1.807) is 18.2 Å². The predicted molar refractivity (Wildman–Crippen MR) is 134 cm³/mol. The highest BCUT2D eigenvalue weighted by Gasteiger charge is 2.41. The van der Waals surface area contributed by atoms with Gasteiger partial charge in [-0.1, -0.05) is 36.4 Å². The molecule has 6 heteroatoms. The Labute approximate surface area is 199 Å². The Morgan fingerprint density at radius 2 is 1.56 bits per heavy atom. The number of para-hydroxylation sites is 2. The third kappa shape index (κ3) is 4.39.